The fourth-order valence-corrected chi connectivity index (χ4v) is 4.35. The number of sulfonamides is 1. The number of piperidine rings is 1. The molecular formula is C18H26N4O3S. The van der Waals surface area contributed by atoms with E-state index in [4.69, 9.17) is 0 Å². The van der Waals surface area contributed by atoms with Crippen molar-refractivity contribution in [2.45, 2.75) is 39.2 Å². The van der Waals surface area contributed by atoms with Crippen molar-refractivity contribution in [3.05, 3.63) is 24.5 Å². The number of fused-ring (bicyclic) bond motifs is 1. The molecule has 1 saturated heterocycles. The van der Waals surface area contributed by atoms with Gasteiger partial charge in [0.15, 0.2) is 0 Å². The van der Waals surface area contributed by atoms with E-state index in [9.17, 15) is 13.2 Å². The van der Waals surface area contributed by atoms with Crippen molar-refractivity contribution in [3.63, 3.8) is 0 Å². The molecule has 0 spiro atoms. The zero-order valence-corrected chi connectivity index (χ0v) is 16.1. The summed E-state index contributed by atoms with van der Waals surface area (Å²) < 4.78 is 26.7. The summed E-state index contributed by atoms with van der Waals surface area (Å²) in [6, 6.07) is 5.78. The normalized spacial score (nSPS) is 16.8. The molecule has 1 fully saturated rings. The molecule has 2 aromatic rings. The van der Waals surface area contributed by atoms with Crippen LogP contribution >= 0.6 is 0 Å². The Kier molecular flexibility index (Phi) is 5.62. The van der Waals surface area contributed by atoms with E-state index in [1.165, 1.54) is 10.6 Å². The van der Waals surface area contributed by atoms with Crippen LogP contribution in [0.3, 0.4) is 0 Å². The van der Waals surface area contributed by atoms with Crippen LogP contribution in [0.4, 0.5) is 5.69 Å². The van der Waals surface area contributed by atoms with Gasteiger partial charge in [-0.1, -0.05) is 6.92 Å². The van der Waals surface area contributed by atoms with Crippen LogP contribution in [0.25, 0.3) is 11.0 Å². The first kappa shape index (κ1) is 18.8. The van der Waals surface area contributed by atoms with E-state index in [2.05, 4.69) is 21.8 Å². The van der Waals surface area contributed by atoms with Crippen molar-refractivity contribution in [1.82, 2.24) is 13.9 Å². The van der Waals surface area contributed by atoms with Gasteiger partial charge in [-0.15, -0.1) is 0 Å². The van der Waals surface area contributed by atoms with E-state index in [1.54, 1.807) is 0 Å². The summed E-state index contributed by atoms with van der Waals surface area (Å²) in [5, 5.41) is 2.94. The van der Waals surface area contributed by atoms with E-state index in [1.807, 2.05) is 24.5 Å². The lowest BCUT2D eigenvalue weighted by Gasteiger charge is -2.29. The van der Waals surface area contributed by atoms with Crippen molar-refractivity contribution in [1.29, 1.82) is 0 Å². The molecule has 8 heteroatoms. The summed E-state index contributed by atoms with van der Waals surface area (Å²) in [5.41, 5.74) is 2.69. The topological polar surface area (TPSA) is 84.3 Å². The lowest BCUT2D eigenvalue weighted by Crippen LogP contribution is -2.38. The third-order valence-corrected chi connectivity index (χ3v) is 6.19. The Morgan fingerprint density at radius 2 is 2.04 bits per heavy atom. The Balaban J connectivity index is 1.56. The zero-order chi connectivity index (χ0) is 18.7. The fraction of sp³-hybridized carbons (Fsp3) is 0.556. The van der Waals surface area contributed by atoms with Gasteiger partial charge in [-0.05, 0) is 43.4 Å². The van der Waals surface area contributed by atoms with E-state index in [-0.39, 0.29) is 11.8 Å². The summed E-state index contributed by atoms with van der Waals surface area (Å²) in [7, 11) is -3.13. The Labute approximate surface area is 154 Å². The number of rotatable bonds is 6. The van der Waals surface area contributed by atoms with Gasteiger partial charge in [-0.25, -0.2) is 17.7 Å². The fourth-order valence-electron chi connectivity index (χ4n) is 3.48. The number of imidazole rings is 1. The Hall–Kier alpha value is -1.93. The van der Waals surface area contributed by atoms with E-state index >= 15 is 0 Å². The van der Waals surface area contributed by atoms with Gasteiger partial charge in [0.25, 0.3) is 0 Å². The molecule has 0 atom stereocenters. The number of aryl methyl sites for hydroxylation is 1. The molecule has 1 aliphatic heterocycles. The van der Waals surface area contributed by atoms with Crippen LogP contribution in [-0.2, 0) is 21.4 Å². The third kappa shape index (κ3) is 4.42. The Morgan fingerprint density at radius 3 is 2.69 bits per heavy atom. The molecule has 1 aromatic carbocycles. The predicted molar refractivity (Wildman–Crippen MR) is 102 cm³/mol. The smallest absolute Gasteiger partial charge is 0.224 e. The van der Waals surface area contributed by atoms with Crippen molar-refractivity contribution in [2.24, 2.45) is 5.92 Å². The van der Waals surface area contributed by atoms with Crippen LogP contribution in [0.1, 0.15) is 32.6 Å². The highest BCUT2D eigenvalue weighted by atomic mass is 32.2. The van der Waals surface area contributed by atoms with Gasteiger partial charge in [0.2, 0.25) is 15.9 Å². The van der Waals surface area contributed by atoms with Crippen LogP contribution in [0, 0.1) is 5.92 Å². The number of nitrogens with zero attached hydrogens (tertiary/aromatic N) is 3. The number of hydrogen-bond acceptors (Lipinski definition) is 4. The number of carbonyl (C=O) groups excluding carboxylic acids is 1. The van der Waals surface area contributed by atoms with Gasteiger partial charge in [0.05, 0.1) is 23.6 Å². The second kappa shape index (κ2) is 7.75. The first-order valence-electron chi connectivity index (χ1n) is 9.06. The van der Waals surface area contributed by atoms with E-state index < -0.39 is 10.0 Å². The largest absolute Gasteiger partial charge is 0.331 e. The van der Waals surface area contributed by atoms with Gasteiger partial charge in [-0.2, -0.15) is 0 Å². The van der Waals surface area contributed by atoms with Crippen molar-refractivity contribution >= 4 is 32.7 Å². The van der Waals surface area contributed by atoms with Crippen molar-refractivity contribution < 1.29 is 13.2 Å². The maximum atomic E-state index is 12.3. The predicted octanol–water partition coefficient (Wildman–Crippen LogP) is 2.45. The average molecular weight is 378 g/mol. The first-order valence-corrected chi connectivity index (χ1v) is 10.9. The van der Waals surface area contributed by atoms with Gasteiger partial charge >= 0.3 is 0 Å². The van der Waals surface area contributed by atoms with Crippen molar-refractivity contribution in [2.75, 3.05) is 24.7 Å². The monoisotopic (exact) mass is 378 g/mol. The Bertz CT molecular complexity index is 883. The molecule has 0 radical (unpaired) electrons. The summed E-state index contributed by atoms with van der Waals surface area (Å²) in [6.07, 6.45) is 5.97. The number of carbonyl (C=O) groups is 1. The molecule has 7 nitrogen and oxygen atoms in total. The summed E-state index contributed by atoms with van der Waals surface area (Å²) in [5.74, 6) is 0.190. The summed E-state index contributed by atoms with van der Waals surface area (Å²) in [4.78, 5) is 16.7. The molecule has 1 aliphatic rings. The quantitative estimate of drug-likeness (QED) is 0.837. The standard InChI is InChI=1S/C18H26N4O3S/c1-3-8-21-13-19-16-12-15(4-5-17(16)21)20-18(23)11-14-6-9-22(10-7-14)26(2,24)25/h4-5,12-14H,3,6-11H2,1-2H3,(H,20,23). The highest BCUT2D eigenvalue weighted by molar-refractivity contribution is 7.88. The third-order valence-electron chi connectivity index (χ3n) is 4.89. The second-order valence-corrected chi connectivity index (χ2v) is 8.98. The number of amides is 1. The van der Waals surface area contributed by atoms with E-state index in [0.29, 0.717) is 19.5 Å². The molecule has 2 heterocycles. The molecule has 0 aliphatic carbocycles. The molecule has 0 saturated carbocycles. The van der Waals surface area contributed by atoms with Crippen molar-refractivity contribution in [3.8, 4) is 0 Å². The highest BCUT2D eigenvalue weighted by Crippen LogP contribution is 2.23. The molecule has 142 valence electrons. The van der Waals surface area contributed by atoms with E-state index in [0.717, 1.165) is 42.5 Å². The lowest BCUT2D eigenvalue weighted by molar-refractivity contribution is -0.117. The minimum atomic E-state index is -3.13. The molecular weight excluding hydrogens is 352 g/mol. The zero-order valence-electron chi connectivity index (χ0n) is 15.3. The molecule has 3 rings (SSSR count). The number of hydrogen-bond donors (Lipinski definition) is 1. The summed E-state index contributed by atoms with van der Waals surface area (Å²) >= 11 is 0. The molecule has 1 aromatic heterocycles. The SMILES string of the molecule is CCCn1cnc2cc(NC(=O)CC3CCN(S(C)(=O)=O)CC3)ccc21. The second-order valence-electron chi connectivity index (χ2n) is 7.00. The van der Waals surface area contributed by atoms with Crippen LogP contribution in [0.2, 0.25) is 0 Å². The number of nitrogens with one attached hydrogen (secondary N) is 1. The molecule has 0 bridgehead atoms. The van der Waals surface area contributed by atoms with Gasteiger partial charge < -0.3 is 9.88 Å². The number of anilines is 1. The van der Waals surface area contributed by atoms with Gasteiger partial charge in [0, 0.05) is 31.7 Å². The summed E-state index contributed by atoms with van der Waals surface area (Å²) in [6.45, 7) is 4.05. The highest BCUT2D eigenvalue weighted by Gasteiger charge is 2.26. The van der Waals surface area contributed by atoms with Crippen LogP contribution < -0.4 is 5.32 Å². The molecule has 1 N–H and O–H groups in total. The Morgan fingerprint density at radius 1 is 1.31 bits per heavy atom. The molecule has 26 heavy (non-hydrogen) atoms. The molecule has 0 unspecified atom stereocenters. The average Bonchev–Trinajstić information content (AvgIpc) is 2.97. The first-order chi connectivity index (χ1) is 12.4. The van der Waals surface area contributed by atoms with Crippen LogP contribution in [0.15, 0.2) is 24.5 Å². The number of aromatic nitrogens is 2. The maximum absolute atomic E-state index is 12.3. The minimum absolute atomic E-state index is 0.0323. The molecule has 1 amide bonds. The van der Waals surface area contributed by atoms with Crippen LogP contribution in [-0.4, -0.2) is 47.5 Å². The minimum Gasteiger partial charge on any atom is -0.331 e. The van der Waals surface area contributed by atoms with Gasteiger partial charge in [0.1, 0.15) is 0 Å². The maximum Gasteiger partial charge on any atom is 0.224 e. The number of benzene rings is 1. The van der Waals surface area contributed by atoms with Crippen LogP contribution in [0.5, 0.6) is 0 Å². The lowest BCUT2D eigenvalue weighted by atomic mass is 9.94. The van der Waals surface area contributed by atoms with Gasteiger partial charge in [-0.3, -0.25) is 4.79 Å².